The largest absolute Gasteiger partial charge is 0.348 e. The molecular weight excluding hydrogens is 392 g/mol. The Morgan fingerprint density at radius 1 is 1.34 bits per heavy atom. The maximum absolute atomic E-state index is 13.1. The molecule has 29 heavy (non-hydrogen) atoms. The highest BCUT2D eigenvalue weighted by molar-refractivity contribution is 7.89. The van der Waals surface area contributed by atoms with Crippen LogP contribution in [0.5, 0.6) is 0 Å². The third-order valence-electron chi connectivity index (χ3n) is 5.45. The summed E-state index contributed by atoms with van der Waals surface area (Å²) in [5, 5.41) is 11.5. The van der Waals surface area contributed by atoms with E-state index in [9.17, 15) is 13.2 Å². The Morgan fingerprint density at radius 2 is 2.10 bits per heavy atom. The summed E-state index contributed by atoms with van der Waals surface area (Å²) < 4.78 is 31.1. The summed E-state index contributed by atoms with van der Waals surface area (Å²) in [7, 11) is -3.67. The predicted molar refractivity (Wildman–Crippen MR) is 109 cm³/mol. The van der Waals surface area contributed by atoms with Crippen LogP contribution in [0.2, 0.25) is 0 Å². The van der Waals surface area contributed by atoms with Crippen LogP contribution in [0.3, 0.4) is 0 Å². The third-order valence-corrected chi connectivity index (χ3v) is 7.42. The van der Waals surface area contributed by atoms with Gasteiger partial charge in [0.05, 0.1) is 23.3 Å². The zero-order valence-electron chi connectivity index (χ0n) is 17.5. The van der Waals surface area contributed by atoms with E-state index in [1.807, 2.05) is 31.5 Å². The number of hydrogen-bond donors (Lipinski definition) is 1. The molecular formula is C19H30N6O3S. The summed E-state index contributed by atoms with van der Waals surface area (Å²) in [6, 6.07) is 1.70. The van der Waals surface area contributed by atoms with Crippen LogP contribution in [0, 0.1) is 12.8 Å². The van der Waals surface area contributed by atoms with Crippen molar-refractivity contribution in [1.82, 2.24) is 29.2 Å². The fourth-order valence-corrected chi connectivity index (χ4v) is 5.50. The van der Waals surface area contributed by atoms with Crippen molar-refractivity contribution < 1.29 is 13.2 Å². The number of rotatable bonds is 7. The molecule has 1 aliphatic heterocycles. The van der Waals surface area contributed by atoms with Gasteiger partial charge in [-0.3, -0.25) is 14.2 Å². The molecule has 0 spiro atoms. The molecule has 160 valence electrons. The molecule has 0 aromatic carbocycles. The van der Waals surface area contributed by atoms with Gasteiger partial charge in [-0.25, -0.2) is 8.42 Å². The average molecular weight is 423 g/mol. The van der Waals surface area contributed by atoms with Gasteiger partial charge in [-0.05, 0) is 46.6 Å². The molecule has 0 unspecified atom stereocenters. The van der Waals surface area contributed by atoms with Crippen LogP contribution in [-0.2, 0) is 27.9 Å². The Kier molecular flexibility index (Phi) is 6.42. The molecule has 2 aromatic rings. The molecule has 1 N–H and O–H groups in total. The molecule has 1 aliphatic rings. The van der Waals surface area contributed by atoms with Crippen molar-refractivity contribution in [2.75, 3.05) is 13.1 Å². The number of aryl methyl sites for hydroxylation is 3. The Morgan fingerprint density at radius 3 is 2.76 bits per heavy atom. The van der Waals surface area contributed by atoms with E-state index in [4.69, 9.17) is 0 Å². The van der Waals surface area contributed by atoms with Gasteiger partial charge in [-0.1, -0.05) is 0 Å². The lowest BCUT2D eigenvalue weighted by Crippen LogP contribution is -2.46. The molecule has 9 nitrogen and oxygen atoms in total. The molecule has 10 heteroatoms. The fourth-order valence-electron chi connectivity index (χ4n) is 3.81. The average Bonchev–Trinajstić information content (AvgIpc) is 3.34. The van der Waals surface area contributed by atoms with Crippen molar-refractivity contribution in [1.29, 1.82) is 0 Å². The summed E-state index contributed by atoms with van der Waals surface area (Å²) in [6.45, 7) is 9.46. The Bertz CT molecular complexity index is 965. The molecule has 0 radical (unpaired) electrons. The number of carbonyl (C=O) groups is 1. The third kappa shape index (κ3) is 4.37. The molecule has 0 aliphatic carbocycles. The van der Waals surface area contributed by atoms with E-state index in [-0.39, 0.29) is 29.3 Å². The van der Waals surface area contributed by atoms with E-state index in [1.54, 1.807) is 24.0 Å². The molecule has 2 aromatic heterocycles. The first-order valence-electron chi connectivity index (χ1n) is 10.1. The topological polar surface area (TPSA) is 102 Å². The van der Waals surface area contributed by atoms with E-state index in [0.29, 0.717) is 31.6 Å². The van der Waals surface area contributed by atoms with Crippen LogP contribution < -0.4 is 5.32 Å². The van der Waals surface area contributed by atoms with E-state index in [2.05, 4.69) is 15.5 Å². The standard InChI is InChI=1S/C19H30N6O3S/c1-5-23-13-18(15(4)22-23)29(27,28)24-11-7-8-16(12-24)19(26)21-14(3)17-9-10-20-25(17)6-2/h9-10,13-14,16H,5-8,11-12H2,1-4H3,(H,21,26)/t14-,16-/m0/s1. The van der Waals surface area contributed by atoms with Crippen LogP contribution in [0.25, 0.3) is 0 Å². The number of sulfonamides is 1. The molecule has 2 atom stereocenters. The smallest absolute Gasteiger partial charge is 0.246 e. The number of hydrogen-bond acceptors (Lipinski definition) is 5. The lowest BCUT2D eigenvalue weighted by atomic mass is 9.98. The summed E-state index contributed by atoms with van der Waals surface area (Å²) in [5.41, 5.74) is 1.42. The lowest BCUT2D eigenvalue weighted by Gasteiger charge is -2.31. The molecule has 1 amide bonds. The number of amides is 1. The quantitative estimate of drug-likeness (QED) is 0.732. The van der Waals surface area contributed by atoms with Crippen LogP contribution >= 0.6 is 0 Å². The number of nitrogens with zero attached hydrogens (tertiary/aromatic N) is 5. The first kappa shape index (κ1) is 21.5. The van der Waals surface area contributed by atoms with Crippen molar-refractivity contribution in [2.24, 2.45) is 5.92 Å². The number of nitrogens with one attached hydrogen (secondary N) is 1. The highest BCUT2D eigenvalue weighted by atomic mass is 32.2. The Hall–Kier alpha value is -2.20. The molecule has 3 heterocycles. The van der Waals surface area contributed by atoms with E-state index in [0.717, 1.165) is 12.2 Å². The predicted octanol–water partition coefficient (Wildman–Crippen LogP) is 1.71. The molecule has 3 rings (SSSR count). The van der Waals surface area contributed by atoms with Crippen molar-refractivity contribution in [3.63, 3.8) is 0 Å². The Labute approximate surface area is 172 Å². The summed E-state index contributed by atoms with van der Waals surface area (Å²) in [4.78, 5) is 13.1. The van der Waals surface area contributed by atoms with Crippen LogP contribution in [0.4, 0.5) is 0 Å². The first-order chi connectivity index (χ1) is 13.8. The summed E-state index contributed by atoms with van der Waals surface area (Å²) >= 11 is 0. The van der Waals surface area contributed by atoms with Crippen LogP contribution in [0.1, 0.15) is 51.0 Å². The maximum Gasteiger partial charge on any atom is 0.246 e. The van der Waals surface area contributed by atoms with Crippen molar-refractivity contribution in [3.8, 4) is 0 Å². The van der Waals surface area contributed by atoms with Gasteiger partial charge in [0.2, 0.25) is 15.9 Å². The van der Waals surface area contributed by atoms with Gasteiger partial charge in [0.25, 0.3) is 0 Å². The van der Waals surface area contributed by atoms with Gasteiger partial charge in [-0.15, -0.1) is 0 Å². The fraction of sp³-hybridized carbons (Fsp3) is 0.632. The molecule has 0 bridgehead atoms. The maximum atomic E-state index is 13.1. The minimum atomic E-state index is -3.67. The molecule has 1 saturated heterocycles. The number of aromatic nitrogens is 4. The van der Waals surface area contributed by atoms with E-state index in [1.165, 1.54) is 4.31 Å². The van der Waals surface area contributed by atoms with E-state index >= 15 is 0 Å². The molecule has 1 fully saturated rings. The number of carbonyl (C=O) groups excluding carboxylic acids is 1. The first-order valence-corrected chi connectivity index (χ1v) is 11.6. The van der Waals surface area contributed by atoms with E-state index < -0.39 is 10.0 Å². The van der Waals surface area contributed by atoms with Gasteiger partial charge in [-0.2, -0.15) is 14.5 Å². The second-order valence-electron chi connectivity index (χ2n) is 7.44. The second kappa shape index (κ2) is 8.66. The monoisotopic (exact) mass is 422 g/mol. The normalized spacial score (nSPS) is 19.2. The lowest BCUT2D eigenvalue weighted by molar-refractivity contribution is -0.126. The molecule has 0 saturated carbocycles. The van der Waals surface area contributed by atoms with Crippen molar-refractivity contribution >= 4 is 15.9 Å². The van der Waals surface area contributed by atoms with Gasteiger partial charge in [0, 0.05) is 38.6 Å². The van der Waals surface area contributed by atoms with Crippen molar-refractivity contribution in [3.05, 3.63) is 29.8 Å². The zero-order valence-corrected chi connectivity index (χ0v) is 18.3. The van der Waals surface area contributed by atoms with Gasteiger partial charge in [0.15, 0.2) is 0 Å². The summed E-state index contributed by atoms with van der Waals surface area (Å²) in [6.07, 6.45) is 4.61. The Balaban J connectivity index is 1.71. The zero-order chi connectivity index (χ0) is 21.2. The summed E-state index contributed by atoms with van der Waals surface area (Å²) in [5.74, 6) is -0.497. The number of piperidine rings is 1. The minimum absolute atomic E-state index is 0.123. The minimum Gasteiger partial charge on any atom is -0.348 e. The van der Waals surface area contributed by atoms with Crippen LogP contribution in [0.15, 0.2) is 23.4 Å². The van der Waals surface area contributed by atoms with Crippen LogP contribution in [-0.4, -0.2) is 51.3 Å². The highest BCUT2D eigenvalue weighted by Crippen LogP contribution is 2.26. The second-order valence-corrected chi connectivity index (χ2v) is 9.35. The SMILES string of the molecule is CCn1cc(S(=O)(=O)N2CCC[C@H](C(=O)N[C@@H](C)c3ccnn3CC)C2)c(C)n1. The van der Waals surface area contributed by atoms with Gasteiger partial charge in [0.1, 0.15) is 4.90 Å². The van der Waals surface area contributed by atoms with Crippen molar-refractivity contribution in [2.45, 2.75) is 64.6 Å². The highest BCUT2D eigenvalue weighted by Gasteiger charge is 2.35. The van der Waals surface area contributed by atoms with Gasteiger partial charge < -0.3 is 5.32 Å². The van der Waals surface area contributed by atoms with Gasteiger partial charge >= 0.3 is 0 Å².